The number of amides is 10. The average molecular weight is 969 g/mol. The van der Waals surface area contributed by atoms with Gasteiger partial charge in [-0.25, -0.2) is 0 Å². The Morgan fingerprint density at radius 1 is 0.783 bits per heavy atom. The van der Waals surface area contributed by atoms with Crippen molar-refractivity contribution in [3.63, 3.8) is 0 Å². The Morgan fingerprint density at radius 2 is 1.45 bits per heavy atom. The van der Waals surface area contributed by atoms with Gasteiger partial charge in [0.25, 0.3) is 0 Å². The highest BCUT2D eigenvalue weighted by Crippen LogP contribution is 2.23. The summed E-state index contributed by atoms with van der Waals surface area (Å²) in [4.78, 5) is 161. The number of Topliss-reactive ketones (excluding diaryl/α,β-unsaturated/α-hetero) is 2. The molecule has 10 amide bonds. The third kappa shape index (κ3) is 18.6. The van der Waals surface area contributed by atoms with Gasteiger partial charge in [0.2, 0.25) is 59.1 Å². The van der Waals surface area contributed by atoms with Crippen LogP contribution in [0.1, 0.15) is 110 Å². The maximum Gasteiger partial charge on any atom is 0.245 e. The molecule has 2 aliphatic rings. The van der Waals surface area contributed by atoms with Crippen LogP contribution in [0.15, 0.2) is 24.3 Å². The van der Waals surface area contributed by atoms with Crippen molar-refractivity contribution in [3.05, 3.63) is 29.8 Å². The van der Waals surface area contributed by atoms with Crippen molar-refractivity contribution in [2.24, 2.45) is 35.0 Å². The maximum absolute atomic E-state index is 14.5. The van der Waals surface area contributed by atoms with Crippen LogP contribution in [-0.2, 0) is 64.0 Å². The number of nitrogens with zero attached hydrogens (tertiary/aromatic N) is 1. The van der Waals surface area contributed by atoms with E-state index in [1.165, 1.54) is 29.2 Å². The Labute approximate surface area is 400 Å². The standard InChI is InChI=1S/C46H68N10O13/c1-5-25(4)41-45(68)52-29(12-15-36(47)60)35(59)21-27(22-38(49)62)42(65)53-30(13-17-39(63)50-23-40(64)51-32(43(66)55-41)20-26-8-10-28(57)11-9-26)46(69)56-18-6-7-33(56)44(67)54-31(19-24(2)3)34(58)14-16-37(48)61/h8-11,24-25,27,29-33,41,57H,5-7,12-23H2,1-4H3,(H2,47,60)(H2,48,61)(H2,49,62)(H,50,63)(H,51,64)(H,52,68)(H,53,65)(H,54,67)(H,55,66)/t25-,27-,29-,30-,31-,32-,33-,41-/m0/s1. The van der Waals surface area contributed by atoms with Crippen molar-refractivity contribution in [1.29, 1.82) is 0 Å². The zero-order valence-corrected chi connectivity index (χ0v) is 39.6. The molecule has 0 aromatic heterocycles. The minimum Gasteiger partial charge on any atom is -0.508 e. The van der Waals surface area contributed by atoms with Crippen molar-refractivity contribution in [2.75, 3.05) is 13.1 Å². The second-order valence-electron chi connectivity index (χ2n) is 18.2. The Morgan fingerprint density at radius 3 is 2.06 bits per heavy atom. The molecule has 0 unspecified atom stereocenters. The van der Waals surface area contributed by atoms with Crippen LogP contribution in [0, 0.1) is 17.8 Å². The maximum atomic E-state index is 14.5. The van der Waals surface area contributed by atoms with E-state index in [-0.39, 0.29) is 56.7 Å². The molecule has 2 saturated heterocycles. The van der Waals surface area contributed by atoms with Crippen LogP contribution in [0.4, 0.5) is 0 Å². The summed E-state index contributed by atoms with van der Waals surface area (Å²) < 4.78 is 0. The lowest BCUT2D eigenvalue weighted by molar-refractivity contribution is -0.143. The molecule has 8 atom stereocenters. The van der Waals surface area contributed by atoms with E-state index >= 15 is 0 Å². The van der Waals surface area contributed by atoms with E-state index in [0.29, 0.717) is 18.4 Å². The molecule has 23 nitrogen and oxygen atoms in total. The Balaban J connectivity index is 2.06. The number of aromatic hydroxyl groups is 1. The molecule has 23 heteroatoms. The number of nitrogens with one attached hydrogen (secondary N) is 6. The molecule has 0 saturated carbocycles. The summed E-state index contributed by atoms with van der Waals surface area (Å²) in [7, 11) is 0. The third-order valence-corrected chi connectivity index (χ3v) is 12.1. The van der Waals surface area contributed by atoms with Gasteiger partial charge in [-0.15, -0.1) is 0 Å². The first kappa shape index (κ1) is 56.4. The number of carbonyl (C=O) groups is 12. The van der Waals surface area contributed by atoms with Gasteiger partial charge in [-0.05, 0) is 61.6 Å². The largest absolute Gasteiger partial charge is 0.508 e. The summed E-state index contributed by atoms with van der Waals surface area (Å²) in [6, 6.07) is -2.14. The van der Waals surface area contributed by atoms with Gasteiger partial charge in [-0.1, -0.05) is 46.2 Å². The van der Waals surface area contributed by atoms with Crippen LogP contribution in [0.2, 0.25) is 0 Å². The molecule has 380 valence electrons. The fourth-order valence-corrected chi connectivity index (χ4v) is 8.05. The molecule has 0 bridgehead atoms. The second kappa shape index (κ2) is 27.2. The van der Waals surface area contributed by atoms with Crippen LogP contribution in [-0.4, -0.2) is 130 Å². The SMILES string of the molecule is CC[C@H](C)[C@@H]1NC(=O)[C@H](Cc2ccc(O)cc2)NC(=O)CNC(=O)CC[C@@H](C(=O)N2CCC[C@H]2C(=O)N[C@@H](CC(C)C)C(=O)CCC(N)=O)NC(=O)[C@H](CC(N)=O)CC(=O)[C@H](CCC(N)=O)NC1=O. The van der Waals surface area contributed by atoms with E-state index < -0.39 is 157 Å². The number of likely N-dealkylation sites (tertiary alicyclic amines) is 1. The normalized spacial score (nSPS) is 23.3. The van der Waals surface area contributed by atoms with Crippen LogP contribution < -0.4 is 49.1 Å². The van der Waals surface area contributed by atoms with Gasteiger partial charge in [0.1, 0.15) is 29.9 Å². The molecule has 0 spiro atoms. The smallest absolute Gasteiger partial charge is 0.245 e. The first-order valence-electron chi connectivity index (χ1n) is 23.3. The Hall–Kier alpha value is -6.94. The minimum atomic E-state index is -1.58. The fraction of sp³-hybridized carbons (Fsp3) is 0.609. The zero-order valence-electron chi connectivity index (χ0n) is 39.6. The average Bonchev–Trinajstić information content (AvgIpc) is 3.78. The van der Waals surface area contributed by atoms with E-state index in [2.05, 4.69) is 31.9 Å². The molecule has 0 aliphatic carbocycles. The van der Waals surface area contributed by atoms with E-state index in [4.69, 9.17) is 17.2 Å². The molecule has 2 fully saturated rings. The molecule has 69 heavy (non-hydrogen) atoms. The number of hydrogen-bond acceptors (Lipinski definition) is 13. The van der Waals surface area contributed by atoms with Gasteiger partial charge >= 0.3 is 0 Å². The van der Waals surface area contributed by atoms with Crippen molar-refractivity contribution in [2.45, 2.75) is 147 Å². The predicted octanol–water partition coefficient (Wildman–Crippen LogP) is -2.10. The minimum absolute atomic E-state index is 0.0150. The Bertz CT molecular complexity index is 2080. The van der Waals surface area contributed by atoms with Crippen LogP contribution in [0.5, 0.6) is 5.75 Å². The number of benzene rings is 1. The summed E-state index contributed by atoms with van der Waals surface area (Å²) in [5, 5.41) is 25.3. The summed E-state index contributed by atoms with van der Waals surface area (Å²) in [5.74, 6) is -11.9. The number of phenols is 1. The highest BCUT2D eigenvalue weighted by molar-refractivity contribution is 5.99. The topological polar surface area (TPSA) is 379 Å². The second-order valence-corrected chi connectivity index (χ2v) is 18.2. The molecule has 2 heterocycles. The van der Waals surface area contributed by atoms with Crippen molar-refractivity contribution in [1.82, 2.24) is 36.8 Å². The number of ketones is 2. The number of nitrogens with two attached hydrogens (primary N) is 3. The van der Waals surface area contributed by atoms with Gasteiger partial charge in [-0.3, -0.25) is 57.5 Å². The van der Waals surface area contributed by atoms with E-state index in [1.54, 1.807) is 13.8 Å². The van der Waals surface area contributed by atoms with E-state index in [9.17, 15) is 62.6 Å². The highest BCUT2D eigenvalue weighted by Gasteiger charge is 2.41. The number of rotatable bonds is 18. The zero-order chi connectivity index (χ0) is 51.5. The van der Waals surface area contributed by atoms with Gasteiger partial charge < -0.3 is 59.1 Å². The first-order valence-corrected chi connectivity index (χ1v) is 23.3. The third-order valence-electron chi connectivity index (χ3n) is 12.1. The fourth-order valence-electron chi connectivity index (χ4n) is 8.05. The van der Waals surface area contributed by atoms with E-state index in [0.717, 1.165) is 0 Å². The monoisotopic (exact) mass is 968 g/mol. The first-order chi connectivity index (χ1) is 32.5. The number of hydrogen-bond donors (Lipinski definition) is 10. The quantitative estimate of drug-likeness (QED) is 0.0755. The van der Waals surface area contributed by atoms with Crippen molar-refractivity contribution < 1.29 is 62.6 Å². The molecular weight excluding hydrogens is 901 g/mol. The van der Waals surface area contributed by atoms with Crippen LogP contribution in [0.3, 0.4) is 0 Å². The summed E-state index contributed by atoms with van der Waals surface area (Å²) in [6.07, 6.45) is -2.73. The van der Waals surface area contributed by atoms with E-state index in [1.807, 2.05) is 13.8 Å². The van der Waals surface area contributed by atoms with Crippen LogP contribution >= 0.6 is 0 Å². The Kier molecular flexibility index (Phi) is 22.2. The number of phenolic OH excluding ortho intramolecular Hbond substituents is 1. The lowest BCUT2D eigenvalue weighted by atomic mass is 9.91. The highest BCUT2D eigenvalue weighted by atomic mass is 16.3. The number of carbonyl (C=O) groups excluding carboxylic acids is 12. The lowest BCUT2D eigenvalue weighted by Gasteiger charge is -2.31. The van der Waals surface area contributed by atoms with Gasteiger partial charge in [-0.2, -0.15) is 0 Å². The van der Waals surface area contributed by atoms with Crippen molar-refractivity contribution >= 4 is 70.6 Å². The molecule has 13 N–H and O–H groups in total. The van der Waals surface area contributed by atoms with Gasteiger partial charge in [0.15, 0.2) is 11.6 Å². The molecule has 1 aromatic carbocycles. The molecule has 3 rings (SSSR count). The lowest BCUT2D eigenvalue weighted by Crippen LogP contribution is -2.59. The van der Waals surface area contributed by atoms with Crippen molar-refractivity contribution in [3.8, 4) is 5.75 Å². The molecule has 1 aromatic rings. The predicted molar refractivity (Wildman–Crippen MR) is 246 cm³/mol. The summed E-state index contributed by atoms with van der Waals surface area (Å²) >= 11 is 0. The molecule has 2 aliphatic heterocycles. The van der Waals surface area contributed by atoms with Gasteiger partial charge in [0.05, 0.1) is 24.5 Å². The van der Waals surface area contributed by atoms with Gasteiger partial charge in [0, 0.05) is 51.5 Å². The summed E-state index contributed by atoms with van der Waals surface area (Å²) in [6.45, 7) is 6.39. The summed E-state index contributed by atoms with van der Waals surface area (Å²) in [5.41, 5.74) is 16.7. The molecule has 0 radical (unpaired) electrons. The number of primary amides is 3. The molecular formula is C46H68N10O13. The van der Waals surface area contributed by atoms with Crippen LogP contribution in [0.25, 0.3) is 0 Å².